The number of halogens is 2. The van der Waals surface area contributed by atoms with Crippen LogP contribution in [0.1, 0.15) is 49.7 Å². The maximum atomic E-state index is 15.1. The van der Waals surface area contributed by atoms with E-state index < -0.39 is 36.1 Å². The van der Waals surface area contributed by atoms with E-state index in [2.05, 4.69) is 10.3 Å². The van der Waals surface area contributed by atoms with Gasteiger partial charge in [0.2, 0.25) is 0 Å². The quantitative estimate of drug-likeness (QED) is 0.434. The molecule has 0 spiro atoms. The van der Waals surface area contributed by atoms with E-state index in [9.17, 15) is 9.90 Å². The van der Waals surface area contributed by atoms with Gasteiger partial charge in [0.1, 0.15) is 11.6 Å². The van der Waals surface area contributed by atoms with Crippen molar-refractivity contribution in [1.29, 1.82) is 0 Å². The second-order valence-corrected chi connectivity index (χ2v) is 10.2. The molecule has 0 saturated carbocycles. The number of nitrogens with zero attached hydrogens (tertiary/aromatic N) is 1. The lowest BCUT2D eigenvalue weighted by molar-refractivity contribution is 0.00578. The average Bonchev–Trinajstić information content (AvgIpc) is 3.04. The maximum absolute atomic E-state index is 15.1. The summed E-state index contributed by atoms with van der Waals surface area (Å²) in [6.07, 6.45) is 1.57. The average molecular weight is 512 g/mol. The van der Waals surface area contributed by atoms with Gasteiger partial charge in [-0.25, -0.2) is 9.37 Å². The number of hydrogen-bond acceptors (Lipinski definition) is 6. The van der Waals surface area contributed by atoms with Crippen LogP contribution in [0.15, 0.2) is 54.7 Å². The maximum Gasteiger partial charge on any atom is 0.496 e. The van der Waals surface area contributed by atoms with Gasteiger partial charge in [-0.2, -0.15) is 0 Å². The number of nitrogens with two attached hydrogens (primary N) is 1. The Hall–Kier alpha value is -2.98. The molecule has 1 saturated heterocycles. The van der Waals surface area contributed by atoms with Gasteiger partial charge in [-0.05, 0) is 69.2 Å². The zero-order valence-corrected chi connectivity index (χ0v) is 21.3. The van der Waals surface area contributed by atoms with Crippen LogP contribution in [-0.4, -0.2) is 40.9 Å². The fourth-order valence-electron chi connectivity index (χ4n) is 3.89. The van der Waals surface area contributed by atoms with Crippen LogP contribution in [0.2, 0.25) is 5.02 Å². The second kappa shape index (κ2) is 9.82. The predicted molar refractivity (Wildman–Crippen MR) is 139 cm³/mol. The van der Waals surface area contributed by atoms with Crippen LogP contribution < -0.4 is 16.5 Å². The zero-order chi connectivity index (χ0) is 26.3. The summed E-state index contributed by atoms with van der Waals surface area (Å²) in [6.45, 7) is 7.42. The molecule has 7 nitrogen and oxygen atoms in total. The molecule has 0 bridgehead atoms. The molecule has 36 heavy (non-hydrogen) atoms. The number of aliphatic hydroxyl groups excluding tert-OH is 1. The van der Waals surface area contributed by atoms with E-state index in [1.807, 2.05) is 27.7 Å². The van der Waals surface area contributed by atoms with Crippen molar-refractivity contribution in [3.05, 3.63) is 76.7 Å². The Morgan fingerprint density at radius 1 is 1.17 bits per heavy atom. The van der Waals surface area contributed by atoms with Gasteiger partial charge in [0.15, 0.2) is 0 Å². The minimum Gasteiger partial charge on any atom is -0.399 e. The standard InChI is InChI=1S/C26H28BClFN3O4/c1-25(2)26(3,4)36-27(35-25)17-12-20(23(30)31-13-17)15-8-9-19(21(29)11-15)24(34)32-22(14-33)16-6-5-7-18(28)10-16/h5-13,22,33H,14H2,1-4H3,(H2,30,31)(H,32,34). The van der Waals surface area contributed by atoms with E-state index in [-0.39, 0.29) is 18.0 Å². The number of aromatic nitrogens is 1. The van der Waals surface area contributed by atoms with Crippen molar-refractivity contribution in [2.75, 3.05) is 12.3 Å². The van der Waals surface area contributed by atoms with Gasteiger partial charge in [0, 0.05) is 22.2 Å². The molecule has 1 aromatic heterocycles. The van der Waals surface area contributed by atoms with E-state index >= 15 is 4.39 Å². The number of carbonyl (C=O) groups excluding carboxylic acids is 1. The van der Waals surface area contributed by atoms with Crippen molar-refractivity contribution in [2.45, 2.75) is 44.9 Å². The number of hydrogen-bond donors (Lipinski definition) is 3. The largest absolute Gasteiger partial charge is 0.496 e. The Morgan fingerprint density at radius 3 is 2.47 bits per heavy atom. The number of pyridine rings is 1. The lowest BCUT2D eigenvalue weighted by atomic mass is 9.79. The Bertz CT molecular complexity index is 1290. The van der Waals surface area contributed by atoms with Crippen LogP contribution in [-0.2, 0) is 9.31 Å². The number of amides is 1. The molecule has 1 atom stereocenters. The van der Waals surface area contributed by atoms with Crippen molar-refractivity contribution in [3.63, 3.8) is 0 Å². The Balaban J connectivity index is 1.58. The third-order valence-electron chi connectivity index (χ3n) is 6.73. The van der Waals surface area contributed by atoms with Gasteiger partial charge in [-0.15, -0.1) is 0 Å². The second-order valence-electron chi connectivity index (χ2n) is 9.75. The van der Waals surface area contributed by atoms with Crippen molar-refractivity contribution in [2.24, 2.45) is 0 Å². The molecule has 3 aromatic rings. The SMILES string of the molecule is CC1(C)OB(c2cnc(N)c(-c3ccc(C(=O)NC(CO)c4cccc(Cl)c4)c(F)c3)c2)OC1(C)C. The van der Waals surface area contributed by atoms with Crippen LogP contribution in [0, 0.1) is 5.82 Å². The summed E-state index contributed by atoms with van der Waals surface area (Å²) >= 11 is 6.01. The Labute approximate surface area is 214 Å². The summed E-state index contributed by atoms with van der Waals surface area (Å²) in [7, 11) is -0.654. The first-order valence-corrected chi connectivity index (χ1v) is 11.9. The van der Waals surface area contributed by atoms with Gasteiger partial charge >= 0.3 is 7.12 Å². The molecular weight excluding hydrogens is 484 g/mol. The van der Waals surface area contributed by atoms with Gasteiger partial charge in [-0.3, -0.25) is 4.79 Å². The number of nitrogen functional groups attached to an aromatic ring is 1. The molecule has 1 unspecified atom stereocenters. The minimum absolute atomic E-state index is 0.173. The Kier molecular flexibility index (Phi) is 7.12. The number of aliphatic hydroxyl groups is 1. The molecule has 2 aromatic carbocycles. The van der Waals surface area contributed by atoms with Gasteiger partial charge < -0.3 is 25.5 Å². The number of benzene rings is 2. The first-order chi connectivity index (χ1) is 16.9. The fourth-order valence-corrected chi connectivity index (χ4v) is 4.09. The first-order valence-electron chi connectivity index (χ1n) is 11.5. The molecule has 1 amide bonds. The lowest BCUT2D eigenvalue weighted by Gasteiger charge is -2.32. The minimum atomic E-state index is -0.744. The highest BCUT2D eigenvalue weighted by Crippen LogP contribution is 2.37. The molecular formula is C26H28BClFN3O4. The number of anilines is 1. The molecule has 0 radical (unpaired) electrons. The van der Waals surface area contributed by atoms with E-state index in [4.69, 9.17) is 26.6 Å². The highest BCUT2D eigenvalue weighted by Gasteiger charge is 2.51. The molecule has 4 rings (SSSR count). The van der Waals surface area contributed by atoms with Gasteiger partial charge in [-0.1, -0.05) is 29.8 Å². The van der Waals surface area contributed by atoms with Gasteiger partial charge in [0.25, 0.3) is 5.91 Å². The summed E-state index contributed by atoms with van der Waals surface area (Å²) < 4.78 is 27.3. The monoisotopic (exact) mass is 511 g/mol. The molecule has 0 aliphatic carbocycles. The van der Waals surface area contributed by atoms with Crippen LogP contribution in [0.3, 0.4) is 0 Å². The number of rotatable bonds is 6. The smallest absolute Gasteiger partial charge is 0.399 e. The molecule has 188 valence electrons. The number of nitrogens with one attached hydrogen (secondary N) is 1. The molecule has 1 fully saturated rings. The van der Waals surface area contributed by atoms with Crippen molar-refractivity contribution < 1.29 is 23.6 Å². The fraction of sp³-hybridized carbons (Fsp3) is 0.308. The van der Waals surface area contributed by atoms with Crippen molar-refractivity contribution >= 4 is 35.9 Å². The third-order valence-corrected chi connectivity index (χ3v) is 6.96. The van der Waals surface area contributed by atoms with Crippen molar-refractivity contribution in [1.82, 2.24) is 10.3 Å². The topological polar surface area (TPSA) is 107 Å². The normalized spacial score (nSPS) is 17.1. The third kappa shape index (κ3) is 5.10. The summed E-state index contributed by atoms with van der Waals surface area (Å²) in [6, 6.07) is 11.9. The van der Waals surface area contributed by atoms with Crippen LogP contribution in [0.25, 0.3) is 11.1 Å². The highest BCUT2D eigenvalue weighted by atomic mass is 35.5. The van der Waals surface area contributed by atoms with Crippen LogP contribution >= 0.6 is 11.6 Å². The number of carbonyl (C=O) groups is 1. The van der Waals surface area contributed by atoms with Crippen LogP contribution in [0.4, 0.5) is 10.2 Å². The van der Waals surface area contributed by atoms with E-state index in [1.54, 1.807) is 42.6 Å². The van der Waals surface area contributed by atoms with Gasteiger partial charge in [0.05, 0.1) is 29.4 Å². The van der Waals surface area contributed by atoms with E-state index in [0.29, 0.717) is 27.2 Å². The highest BCUT2D eigenvalue weighted by molar-refractivity contribution is 6.62. The van der Waals surface area contributed by atoms with E-state index in [0.717, 1.165) is 0 Å². The van der Waals surface area contributed by atoms with Crippen LogP contribution in [0.5, 0.6) is 0 Å². The van der Waals surface area contributed by atoms with E-state index in [1.165, 1.54) is 12.1 Å². The summed E-state index contributed by atoms with van der Waals surface area (Å²) in [4.78, 5) is 17.0. The Morgan fingerprint density at radius 2 is 1.86 bits per heavy atom. The molecule has 1 aliphatic heterocycles. The molecule has 2 heterocycles. The van der Waals surface area contributed by atoms with Crippen molar-refractivity contribution in [3.8, 4) is 11.1 Å². The summed E-state index contributed by atoms with van der Waals surface area (Å²) in [5.74, 6) is -1.21. The lowest BCUT2D eigenvalue weighted by Crippen LogP contribution is -2.41. The molecule has 4 N–H and O–H groups in total. The predicted octanol–water partition coefficient (Wildman–Crippen LogP) is 3.89. The molecule has 10 heteroatoms. The zero-order valence-electron chi connectivity index (χ0n) is 20.5. The summed E-state index contributed by atoms with van der Waals surface area (Å²) in [5.41, 5.74) is 7.05. The first kappa shape index (κ1) is 26.1. The molecule has 1 aliphatic rings. The summed E-state index contributed by atoms with van der Waals surface area (Å²) in [5, 5.41) is 12.9.